The molecule has 1 atom stereocenters. The van der Waals surface area contributed by atoms with Gasteiger partial charge in [0.05, 0.1) is 11.4 Å². The Morgan fingerprint density at radius 3 is 2.10 bits per heavy atom. The van der Waals surface area contributed by atoms with Crippen molar-refractivity contribution >= 4 is 6.08 Å². The molecule has 0 fully saturated rings. The average molecular weight is 528 g/mol. The molecule has 41 heavy (non-hydrogen) atoms. The highest BCUT2D eigenvalue weighted by molar-refractivity contribution is 5.75. The van der Waals surface area contributed by atoms with Gasteiger partial charge in [0, 0.05) is 40.1 Å². The summed E-state index contributed by atoms with van der Waals surface area (Å²) in [5.41, 5.74) is 11.0. The number of pyridine rings is 1. The van der Waals surface area contributed by atoms with E-state index < -0.39 is 0 Å². The Morgan fingerprint density at radius 1 is 0.585 bits per heavy atom. The fourth-order valence-corrected chi connectivity index (χ4v) is 5.81. The van der Waals surface area contributed by atoms with Crippen LogP contribution in [0.15, 0.2) is 140 Å². The van der Waals surface area contributed by atoms with Crippen LogP contribution < -0.4 is 0 Å². The second-order valence-corrected chi connectivity index (χ2v) is 10.8. The molecule has 7 rings (SSSR count). The Bertz CT molecular complexity index is 1860. The van der Waals surface area contributed by atoms with Crippen LogP contribution in [0, 0.1) is 0 Å². The minimum absolute atomic E-state index is 0.0668. The van der Waals surface area contributed by atoms with Crippen molar-refractivity contribution in [3.63, 3.8) is 0 Å². The van der Waals surface area contributed by atoms with E-state index in [2.05, 4.69) is 121 Å². The van der Waals surface area contributed by atoms with E-state index in [1.54, 1.807) is 6.20 Å². The molecular formula is C38H29N3. The molecule has 3 nitrogen and oxygen atoms in total. The number of fused-ring (bicyclic) bond motifs is 1. The van der Waals surface area contributed by atoms with Crippen molar-refractivity contribution in [2.45, 2.75) is 18.8 Å². The van der Waals surface area contributed by atoms with E-state index in [9.17, 15) is 0 Å². The van der Waals surface area contributed by atoms with Gasteiger partial charge in [-0.3, -0.25) is 4.98 Å². The first-order valence-electron chi connectivity index (χ1n) is 14.0. The van der Waals surface area contributed by atoms with Crippen LogP contribution in [0.5, 0.6) is 0 Å². The summed E-state index contributed by atoms with van der Waals surface area (Å²) in [5, 5.41) is 0. The van der Waals surface area contributed by atoms with Gasteiger partial charge in [-0.2, -0.15) is 0 Å². The van der Waals surface area contributed by atoms with Gasteiger partial charge in [0.1, 0.15) is 0 Å². The van der Waals surface area contributed by atoms with E-state index in [0.29, 0.717) is 5.82 Å². The molecule has 0 N–H and O–H groups in total. The lowest BCUT2D eigenvalue weighted by Gasteiger charge is -2.34. The van der Waals surface area contributed by atoms with Crippen LogP contribution in [0.2, 0.25) is 0 Å². The van der Waals surface area contributed by atoms with Gasteiger partial charge in [0.15, 0.2) is 5.82 Å². The summed E-state index contributed by atoms with van der Waals surface area (Å²) in [7, 11) is 0. The Morgan fingerprint density at radius 2 is 1.29 bits per heavy atom. The van der Waals surface area contributed by atoms with Crippen LogP contribution in [-0.4, -0.2) is 15.0 Å². The molecule has 2 heterocycles. The third-order valence-corrected chi connectivity index (χ3v) is 8.11. The minimum Gasteiger partial charge on any atom is -0.264 e. The van der Waals surface area contributed by atoms with Crippen molar-refractivity contribution in [1.82, 2.24) is 15.0 Å². The Balaban J connectivity index is 1.31. The zero-order valence-corrected chi connectivity index (χ0v) is 22.9. The second kappa shape index (κ2) is 10.4. The number of benzene rings is 4. The summed E-state index contributed by atoms with van der Waals surface area (Å²) in [6.45, 7) is 2.34. The third kappa shape index (κ3) is 4.76. The molecule has 0 saturated heterocycles. The zero-order chi connectivity index (χ0) is 27.6. The number of hydrogen-bond donors (Lipinski definition) is 0. The van der Waals surface area contributed by atoms with Crippen LogP contribution >= 0.6 is 0 Å². The minimum atomic E-state index is -0.0668. The van der Waals surface area contributed by atoms with Gasteiger partial charge in [-0.25, -0.2) is 9.97 Å². The maximum absolute atomic E-state index is 5.04. The highest BCUT2D eigenvalue weighted by Gasteiger charge is 2.31. The molecule has 196 valence electrons. The maximum atomic E-state index is 5.04. The molecular weight excluding hydrogens is 498 g/mol. The number of hydrogen-bond acceptors (Lipinski definition) is 3. The lowest BCUT2D eigenvalue weighted by Crippen LogP contribution is -2.25. The number of rotatable bonds is 5. The molecule has 0 radical (unpaired) electrons. The average Bonchev–Trinajstić information content (AvgIpc) is 3.06. The molecule has 1 unspecified atom stereocenters. The fourth-order valence-electron chi connectivity index (χ4n) is 5.81. The highest BCUT2D eigenvalue weighted by Crippen LogP contribution is 2.41. The normalized spacial score (nSPS) is 15.8. The van der Waals surface area contributed by atoms with Crippen LogP contribution in [0.25, 0.3) is 51.1 Å². The van der Waals surface area contributed by atoms with Gasteiger partial charge in [-0.05, 0) is 46.9 Å². The molecule has 0 bridgehead atoms. The van der Waals surface area contributed by atoms with E-state index in [-0.39, 0.29) is 5.41 Å². The SMILES string of the molecule is CC1(c2ccc(-c3cc(-c4cccc(-c5cccnc5)c4)nc(-c4ccccc4)n3)cc2)CC=Cc2ccccc21. The van der Waals surface area contributed by atoms with Crippen molar-refractivity contribution in [2.75, 3.05) is 0 Å². The largest absolute Gasteiger partial charge is 0.264 e. The van der Waals surface area contributed by atoms with E-state index in [4.69, 9.17) is 9.97 Å². The van der Waals surface area contributed by atoms with Crippen molar-refractivity contribution in [1.29, 1.82) is 0 Å². The van der Waals surface area contributed by atoms with E-state index in [1.807, 2.05) is 30.5 Å². The van der Waals surface area contributed by atoms with Crippen LogP contribution in [-0.2, 0) is 5.41 Å². The smallest absolute Gasteiger partial charge is 0.160 e. The Labute approximate surface area is 241 Å². The lowest BCUT2D eigenvalue weighted by atomic mass is 9.69. The van der Waals surface area contributed by atoms with Crippen molar-refractivity contribution in [2.24, 2.45) is 0 Å². The number of nitrogens with zero attached hydrogens (tertiary/aromatic N) is 3. The summed E-state index contributed by atoms with van der Waals surface area (Å²) in [4.78, 5) is 14.4. The molecule has 0 spiro atoms. The van der Waals surface area contributed by atoms with Crippen molar-refractivity contribution < 1.29 is 0 Å². The summed E-state index contributed by atoms with van der Waals surface area (Å²) >= 11 is 0. The van der Waals surface area contributed by atoms with Gasteiger partial charge >= 0.3 is 0 Å². The molecule has 2 aromatic heterocycles. The summed E-state index contributed by atoms with van der Waals surface area (Å²) in [6, 6.07) is 42.5. The van der Waals surface area contributed by atoms with Crippen molar-refractivity contribution in [3.05, 3.63) is 156 Å². The van der Waals surface area contributed by atoms with Crippen LogP contribution in [0.1, 0.15) is 30.0 Å². The van der Waals surface area contributed by atoms with Gasteiger partial charge in [0.2, 0.25) is 0 Å². The molecule has 0 saturated carbocycles. The predicted molar refractivity (Wildman–Crippen MR) is 168 cm³/mol. The summed E-state index contributed by atoms with van der Waals surface area (Å²) < 4.78 is 0. The monoisotopic (exact) mass is 527 g/mol. The molecule has 3 heteroatoms. The first-order chi connectivity index (χ1) is 20.2. The first kappa shape index (κ1) is 24.9. The standard InChI is InChI=1S/C38H29N3/c1-38(22-8-15-27-10-5-6-17-34(27)38)33-20-18-28(19-21-33)35-25-36(41-37(40-35)29-11-3-2-4-12-29)31-14-7-13-30(24-31)32-16-9-23-39-26-32/h2-21,23-26H,22H2,1H3. The molecule has 0 aliphatic heterocycles. The van der Waals surface area contributed by atoms with Gasteiger partial charge in [0.25, 0.3) is 0 Å². The zero-order valence-electron chi connectivity index (χ0n) is 22.9. The number of allylic oxidation sites excluding steroid dienone is 1. The quantitative estimate of drug-likeness (QED) is 0.224. The van der Waals surface area contributed by atoms with Gasteiger partial charge in [-0.15, -0.1) is 0 Å². The lowest BCUT2D eigenvalue weighted by molar-refractivity contribution is 0.574. The van der Waals surface area contributed by atoms with E-state index in [0.717, 1.165) is 45.6 Å². The summed E-state index contributed by atoms with van der Waals surface area (Å²) in [5.74, 6) is 0.715. The third-order valence-electron chi connectivity index (χ3n) is 8.11. The van der Waals surface area contributed by atoms with E-state index in [1.165, 1.54) is 16.7 Å². The van der Waals surface area contributed by atoms with E-state index >= 15 is 0 Å². The Hall–Kier alpha value is -5.15. The maximum Gasteiger partial charge on any atom is 0.160 e. The van der Waals surface area contributed by atoms with Gasteiger partial charge < -0.3 is 0 Å². The molecule has 4 aromatic carbocycles. The van der Waals surface area contributed by atoms with Gasteiger partial charge in [-0.1, -0.05) is 122 Å². The molecule has 1 aliphatic carbocycles. The van der Waals surface area contributed by atoms with Crippen LogP contribution in [0.3, 0.4) is 0 Å². The highest BCUT2D eigenvalue weighted by atomic mass is 14.9. The first-order valence-corrected chi connectivity index (χ1v) is 14.0. The molecule has 0 amide bonds. The fraction of sp³-hybridized carbons (Fsp3) is 0.0789. The predicted octanol–water partition coefficient (Wildman–Crippen LogP) is 9.26. The topological polar surface area (TPSA) is 38.7 Å². The second-order valence-electron chi connectivity index (χ2n) is 10.8. The molecule has 1 aliphatic rings. The van der Waals surface area contributed by atoms with Crippen molar-refractivity contribution in [3.8, 4) is 45.0 Å². The molecule has 6 aromatic rings. The number of aromatic nitrogens is 3. The Kier molecular flexibility index (Phi) is 6.33. The summed E-state index contributed by atoms with van der Waals surface area (Å²) in [6.07, 6.45) is 9.20. The van der Waals surface area contributed by atoms with Crippen LogP contribution in [0.4, 0.5) is 0 Å².